The van der Waals surface area contributed by atoms with Gasteiger partial charge in [-0.2, -0.15) is 0 Å². The van der Waals surface area contributed by atoms with Gasteiger partial charge in [0.1, 0.15) is 5.84 Å². The van der Waals surface area contributed by atoms with Gasteiger partial charge in [-0.1, -0.05) is 6.42 Å². The van der Waals surface area contributed by atoms with E-state index < -0.39 is 21.7 Å². The SMILES string of the molecule is COc1ccc(C(=O)Nc2ccc(S(=O)(=O)NC3=NCCCCC3)cc2)cc1F. The van der Waals surface area contributed by atoms with Crippen molar-refractivity contribution in [2.45, 2.75) is 30.6 Å². The Bertz CT molecular complexity index is 1020. The van der Waals surface area contributed by atoms with Gasteiger partial charge in [-0.15, -0.1) is 0 Å². The van der Waals surface area contributed by atoms with Crippen LogP contribution in [0.4, 0.5) is 10.1 Å². The first kappa shape index (κ1) is 20.8. The first-order valence-corrected chi connectivity index (χ1v) is 10.7. The molecule has 2 aromatic carbocycles. The number of halogens is 1. The molecule has 1 amide bonds. The van der Waals surface area contributed by atoms with Gasteiger partial charge in [0, 0.05) is 24.2 Å². The summed E-state index contributed by atoms with van der Waals surface area (Å²) in [5, 5.41) is 2.61. The monoisotopic (exact) mass is 419 g/mol. The Morgan fingerprint density at radius 3 is 2.55 bits per heavy atom. The van der Waals surface area contributed by atoms with Crippen LogP contribution in [0.1, 0.15) is 36.0 Å². The number of benzene rings is 2. The number of nitrogens with zero attached hydrogens (tertiary/aromatic N) is 1. The average Bonchev–Trinajstić information content (AvgIpc) is 2.96. The molecule has 0 saturated carbocycles. The maximum absolute atomic E-state index is 13.8. The van der Waals surface area contributed by atoms with Crippen LogP contribution in [0.2, 0.25) is 0 Å². The number of aliphatic imine (C=N–C) groups is 1. The van der Waals surface area contributed by atoms with E-state index in [-0.39, 0.29) is 16.2 Å². The Morgan fingerprint density at radius 2 is 1.86 bits per heavy atom. The highest BCUT2D eigenvalue weighted by Gasteiger charge is 2.17. The van der Waals surface area contributed by atoms with Crippen molar-refractivity contribution in [2.75, 3.05) is 19.0 Å². The molecule has 7 nitrogen and oxygen atoms in total. The topological polar surface area (TPSA) is 96.9 Å². The van der Waals surface area contributed by atoms with Crippen molar-refractivity contribution in [3.05, 3.63) is 53.8 Å². The molecule has 154 valence electrons. The summed E-state index contributed by atoms with van der Waals surface area (Å²) < 4.78 is 46.2. The van der Waals surface area contributed by atoms with Crippen molar-refractivity contribution in [1.29, 1.82) is 0 Å². The number of sulfonamides is 1. The molecule has 0 atom stereocenters. The quantitative estimate of drug-likeness (QED) is 0.777. The maximum atomic E-state index is 13.8. The molecule has 2 N–H and O–H groups in total. The van der Waals surface area contributed by atoms with Crippen LogP contribution in [0.15, 0.2) is 52.4 Å². The van der Waals surface area contributed by atoms with Crippen molar-refractivity contribution in [3.63, 3.8) is 0 Å². The Morgan fingerprint density at radius 1 is 1.10 bits per heavy atom. The second-order valence-corrected chi connectivity index (χ2v) is 8.25. The van der Waals surface area contributed by atoms with E-state index in [1.54, 1.807) is 0 Å². The molecule has 3 rings (SSSR count). The molecule has 0 aromatic heterocycles. The lowest BCUT2D eigenvalue weighted by atomic mass is 10.2. The summed E-state index contributed by atoms with van der Waals surface area (Å²) in [6.07, 6.45) is 3.49. The third-order valence-electron chi connectivity index (χ3n) is 4.46. The van der Waals surface area contributed by atoms with Crippen LogP contribution in [0, 0.1) is 5.82 Å². The summed E-state index contributed by atoms with van der Waals surface area (Å²) in [5.74, 6) is -0.648. The lowest BCUT2D eigenvalue weighted by Crippen LogP contribution is -2.30. The molecule has 0 fully saturated rings. The Balaban J connectivity index is 1.68. The normalized spacial score (nSPS) is 14.5. The minimum absolute atomic E-state index is 0.0434. The van der Waals surface area contributed by atoms with Crippen LogP contribution in [0.5, 0.6) is 5.75 Å². The van der Waals surface area contributed by atoms with E-state index in [0.29, 0.717) is 24.5 Å². The van der Waals surface area contributed by atoms with E-state index in [1.165, 1.54) is 43.5 Å². The fraction of sp³-hybridized carbons (Fsp3) is 0.300. The van der Waals surface area contributed by atoms with E-state index in [4.69, 9.17) is 4.74 Å². The minimum Gasteiger partial charge on any atom is -0.494 e. The predicted molar refractivity (Wildman–Crippen MR) is 108 cm³/mol. The highest BCUT2D eigenvalue weighted by molar-refractivity contribution is 7.90. The lowest BCUT2D eigenvalue weighted by Gasteiger charge is -2.11. The lowest BCUT2D eigenvalue weighted by molar-refractivity contribution is 0.102. The van der Waals surface area contributed by atoms with E-state index >= 15 is 0 Å². The number of ether oxygens (including phenoxy) is 1. The van der Waals surface area contributed by atoms with Gasteiger partial charge in [0.25, 0.3) is 15.9 Å². The Labute approximate surface area is 169 Å². The fourth-order valence-electron chi connectivity index (χ4n) is 2.90. The largest absolute Gasteiger partial charge is 0.494 e. The molecule has 2 aromatic rings. The van der Waals surface area contributed by atoms with Crippen molar-refractivity contribution < 1.29 is 22.3 Å². The predicted octanol–water partition coefficient (Wildman–Crippen LogP) is 3.34. The van der Waals surface area contributed by atoms with Crippen molar-refractivity contribution in [3.8, 4) is 5.75 Å². The third kappa shape index (κ3) is 5.32. The van der Waals surface area contributed by atoms with Gasteiger partial charge in [0.05, 0.1) is 12.0 Å². The van der Waals surface area contributed by atoms with Crippen molar-refractivity contribution >= 4 is 27.5 Å². The molecule has 0 saturated heterocycles. The zero-order valence-electron chi connectivity index (χ0n) is 15.9. The zero-order valence-corrected chi connectivity index (χ0v) is 16.8. The van der Waals surface area contributed by atoms with Gasteiger partial charge >= 0.3 is 0 Å². The second-order valence-electron chi connectivity index (χ2n) is 6.57. The van der Waals surface area contributed by atoms with Crippen LogP contribution >= 0.6 is 0 Å². The standard InChI is InChI=1S/C20H22FN3O4S/c1-28-18-11-6-14(13-17(18)21)20(25)23-15-7-9-16(10-8-15)29(26,27)24-19-5-3-2-4-12-22-19/h6-11,13H,2-5,12H2,1H3,(H,22,24)(H,23,25). The van der Waals surface area contributed by atoms with Crippen LogP contribution in [0.3, 0.4) is 0 Å². The number of amidine groups is 1. The second kappa shape index (κ2) is 9.04. The summed E-state index contributed by atoms with van der Waals surface area (Å²) in [5.41, 5.74) is 0.505. The molecule has 0 aliphatic carbocycles. The van der Waals surface area contributed by atoms with Crippen LogP contribution in [-0.2, 0) is 10.0 Å². The van der Waals surface area contributed by atoms with Crippen LogP contribution < -0.4 is 14.8 Å². The molecule has 0 spiro atoms. The highest BCUT2D eigenvalue weighted by Crippen LogP contribution is 2.20. The first-order chi connectivity index (χ1) is 13.9. The number of nitrogens with one attached hydrogen (secondary N) is 2. The van der Waals surface area contributed by atoms with Gasteiger partial charge in [-0.05, 0) is 55.3 Å². The number of carbonyl (C=O) groups is 1. The summed E-state index contributed by atoms with van der Waals surface area (Å²) in [6, 6.07) is 9.61. The number of hydrogen-bond donors (Lipinski definition) is 2. The Kier molecular flexibility index (Phi) is 6.48. The minimum atomic E-state index is -3.74. The van der Waals surface area contributed by atoms with Crippen LogP contribution in [0.25, 0.3) is 0 Å². The van der Waals surface area contributed by atoms with Crippen molar-refractivity contribution in [2.24, 2.45) is 4.99 Å². The average molecular weight is 419 g/mol. The van der Waals surface area contributed by atoms with Crippen molar-refractivity contribution in [1.82, 2.24) is 4.72 Å². The zero-order chi connectivity index (χ0) is 20.9. The molecule has 0 unspecified atom stereocenters. The molecule has 0 bridgehead atoms. The summed E-state index contributed by atoms with van der Waals surface area (Å²) in [7, 11) is -2.41. The van der Waals surface area contributed by atoms with Gasteiger partial charge in [-0.3, -0.25) is 14.5 Å². The summed E-state index contributed by atoms with van der Waals surface area (Å²) >= 11 is 0. The number of amides is 1. The third-order valence-corrected chi connectivity index (χ3v) is 5.86. The van der Waals surface area contributed by atoms with E-state index in [2.05, 4.69) is 15.0 Å². The molecule has 29 heavy (non-hydrogen) atoms. The maximum Gasteiger partial charge on any atom is 0.262 e. The van der Waals surface area contributed by atoms with Gasteiger partial charge < -0.3 is 10.1 Å². The number of rotatable bonds is 5. The molecule has 1 heterocycles. The van der Waals surface area contributed by atoms with E-state index in [1.807, 2.05) is 0 Å². The molecule has 1 aliphatic rings. The number of carbonyl (C=O) groups excluding carboxylic acids is 1. The molecule has 1 aliphatic heterocycles. The summed E-state index contributed by atoms with van der Waals surface area (Å²) in [6.45, 7) is 0.620. The Hall–Kier alpha value is -2.94. The van der Waals surface area contributed by atoms with Gasteiger partial charge in [0.2, 0.25) is 0 Å². The van der Waals surface area contributed by atoms with E-state index in [0.717, 1.165) is 25.3 Å². The van der Waals surface area contributed by atoms with Gasteiger partial charge in [0.15, 0.2) is 11.6 Å². The molecular formula is C20H22FN3O4S. The summed E-state index contributed by atoms with van der Waals surface area (Å²) in [4.78, 5) is 16.6. The smallest absolute Gasteiger partial charge is 0.262 e. The molecule has 0 radical (unpaired) electrons. The highest BCUT2D eigenvalue weighted by atomic mass is 32.2. The first-order valence-electron chi connectivity index (χ1n) is 9.20. The fourth-order valence-corrected chi connectivity index (χ4v) is 3.99. The molecule has 9 heteroatoms. The number of methoxy groups -OCH3 is 1. The number of anilines is 1. The molecular weight excluding hydrogens is 397 g/mol. The van der Waals surface area contributed by atoms with Gasteiger partial charge in [-0.25, -0.2) is 12.8 Å². The van der Waals surface area contributed by atoms with Crippen LogP contribution in [-0.4, -0.2) is 33.8 Å². The van der Waals surface area contributed by atoms with E-state index in [9.17, 15) is 17.6 Å². The number of hydrogen-bond acceptors (Lipinski definition) is 5.